The Bertz CT molecular complexity index is 729. The van der Waals surface area contributed by atoms with Gasteiger partial charge in [-0.25, -0.2) is 0 Å². The van der Waals surface area contributed by atoms with Crippen molar-refractivity contribution in [3.05, 3.63) is 29.8 Å². The molecule has 3 aliphatic heterocycles. The summed E-state index contributed by atoms with van der Waals surface area (Å²) in [4.78, 5) is 12.6. The zero-order chi connectivity index (χ0) is 21.5. The summed E-state index contributed by atoms with van der Waals surface area (Å²) in [6.45, 7) is 16.1. The minimum atomic E-state index is 0. The van der Waals surface area contributed by atoms with Gasteiger partial charge in [0.1, 0.15) is 0 Å². The lowest BCUT2D eigenvalue weighted by Crippen LogP contribution is -2.46. The second-order valence-electron chi connectivity index (χ2n) is 9.58. The molecule has 0 amide bonds. The zero-order valence-electron chi connectivity index (χ0n) is 20.0. The summed E-state index contributed by atoms with van der Waals surface area (Å²) >= 11 is 0. The molecule has 0 radical (unpaired) electrons. The molecule has 3 fully saturated rings. The summed E-state index contributed by atoms with van der Waals surface area (Å²) in [5.74, 6) is 1.11. The van der Waals surface area contributed by atoms with Crippen LogP contribution in [0.3, 0.4) is 0 Å². The molecule has 3 saturated heterocycles. The van der Waals surface area contributed by atoms with Gasteiger partial charge in [0.2, 0.25) is 0 Å². The Morgan fingerprint density at radius 2 is 1.97 bits per heavy atom. The van der Waals surface area contributed by atoms with Gasteiger partial charge in [0.25, 0.3) is 0 Å². The van der Waals surface area contributed by atoms with Crippen LogP contribution in [0.25, 0.3) is 0 Å². The van der Waals surface area contributed by atoms with E-state index in [9.17, 15) is 0 Å². The van der Waals surface area contributed by atoms with E-state index in [1.54, 1.807) is 0 Å². The van der Waals surface area contributed by atoms with Gasteiger partial charge in [0.05, 0.1) is 6.61 Å². The zero-order valence-corrected chi connectivity index (χ0v) is 22.4. The van der Waals surface area contributed by atoms with Gasteiger partial charge in [-0.05, 0) is 63.8 Å². The standard InChI is InChI=1S/C25H41N5O.HI/c1-3-26-24(30-13-9-25(20-30)10-18-31-21-25)27-11-4-5-12-28-14-16-29(17-15-28)23-8-6-7-22(2)19-23;/h6-8,19H,3-5,9-18,20-21H2,1-2H3,(H,26,27);1H. The second-order valence-corrected chi connectivity index (χ2v) is 9.58. The molecule has 4 rings (SSSR count). The number of ether oxygens (including phenoxy) is 1. The molecule has 180 valence electrons. The number of nitrogens with one attached hydrogen (secondary N) is 1. The molecule has 7 heteroatoms. The molecule has 1 atom stereocenters. The van der Waals surface area contributed by atoms with E-state index >= 15 is 0 Å². The Morgan fingerprint density at radius 1 is 1.12 bits per heavy atom. The molecule has 1 N–H and O–H groups in total. The first-order valence-electron chi connectivity index (χ1n) is 12.3. The number of guanidine groups is 1. The van der Waals surface area contributed by atoms with Crippen LogP contribution in [0.2, 0.25) is 0 Å². The van der Waals surface area contributed by atoms with Crippen molar-refractivity contribution in [2.24, 2.45) is 10.4 Å². The topological polar surface area (TPSA) is 43.3 Å². The number of aryl methyl sites for hydroxylation is 1. The number of nitrogens with zero attached hydrogens (tertiary/aromatic N) is 4. The molecule has 0 aromatic heterocycles. The van der Waals surface area contributed by atoms with E-state index < -0.39 is 0 Å². The summed E-state index contributed by atoms with van der Waals surface area (Å²) in [5, 5.41) is 3.51. The predicted molar refractivity (Wildman–Crippen MR) is 145 cm³/mol. The number of hydrogen-bond donors (Lipinski definition) is 1. The lowest BCUT2D eigenvalue weighted by Gasteiger charge is -2.36. The summed E-state index contributed by atoms with van der Waals surface area (Å²) in [7, 11) is 0. The van der Waals surface area contributed by atoms with E-state index in [1.165, 1.54) is 37.1 Å². The van der Waals surface area contributed by atoms with Crippen LogP contribution in [0.4, 0.5) is 5.69 Å². The Hall–Kier alpha value is -1.06. The molecule has 1 aromatic rings. The lowest BCUT2D eigenvalue weighted by molar-refractivity contribution is 0.156. The molecule has 0 bridgehead atoms. The van der Waals surface area contributed by atoms with Crippen LogP contribution in [-0.4, -0.2) is 87.9 Å². The third-order valence-corrected chi connectivity index (χ3v) is 7.14. The number of unbranched alkanes of at least 4 members (excludes halogenated alkanes) is 1. The van der Waals surface area contributed by atoms with Crippen molar-refractivity contribution in [3.8, 4) is 0 Å². The van der Waals surface area contributed by atoms with Gasteiger partial charge in [0, 0.05) is 70.1 Å². The number of aliphatic imine (C=N–C) groups is 1. The summed E-state index contributed by atoms with van der Waals surface area (Å²) in [5.41, 5.74) is 3.10. The third-order valence-electron chi connectivity index (χ3n) is 7.14. The van der Waals surface area contributed by atoms with Crippen LogP contribution >= 0.6 is 24.0 Å². The van der Waals surface area contributed by atoms with Gasteiger partial charge in [-0.1, -0.05) is 12.1 Å². The predicted octanol–water partition coefficient (Wildman–Crippen LogP) is 3.59. The first kappa shape index (κ1) is 25.6. The molecule has 32 heavy (non-hydrogen) atoms. The number of hydrogen-bond acceptors (Lipinski definition) is 4. The Balaban J connectivity index is 0.00000289. The first-order valence-corrected chi connectivity index (χ1v) is 12.3. The average Bonchev–Trinajstić information content (AvgIpc) is 3.43. The number of benzene rings is 1. The van der Waals surface area contributed by atoms with E-state index in [0.717, 1.165) is 78.0 Å². The van der Waals surface area contributed by atoms with Crippen LogP contribution in [0.15, 0.2) is 29.3 Å². The first-order chi connectivity index (χ1) is 15.2. The SMILES string of the molecule is CCNC(=NCCCCN1CCN(c2cccc(C)c2)CC1)N1CCC2(CCOC2)C1.I. The van der Waals surface area contributed by atoms with Gasteiger partial charge >= 0.3 is 0 Å². The molecule has 1 aromatic carbocycles. The summed E-state index contributed by atoms with van der Waals surface area (Å²) < 4.78 is 5.68. The highest BCUT2D eigenvalue weighted by Crippen LogP contribution is 2.38. The maximum absolute atomic E-state index is 5.68. The fourth-order valence-electron chi connectivity index (χ4n) is 5.20. The summed E-state index contributed by atoms with van der Waals surface area (Å²) in [6, 6.07) is 8.89. The fraction of sp³-hybridized carbons (Fsp3) is 0.720. The van der Waals surface area contributed by atoms with E-state index in [1.807, 2.05) is 0 Å². The largest absolute Gasteiger partial charge is 0.381 e. The van der Waals surface area contributed by atoms with Crippen molar-refractivity contribution < 1.29 is 4.74 Å². The molecule has 6 nitrogen and oxygen atoms in total. The summed E-state index contributed by atoms with van der Waals surface area (Å²) in [6.07, 6.45) is 4.84. The monoisotopic (exact) mass is 555 g/mol. The lowest BCUT2D eigenvalue weighted by atomic mass is 9.87. The van der Waals surface area contributed by atoms with Gasteiger partial charge < -0.3 is 19.9 Å². The molecule has 1 spiro atoms. The van der Waals surface area contributed by atoms with Crippen LogP contribution in [0.1, 0.15) is 38.2 Å². The molecular formula is C25H42IN5O. The van der Waals surface area contributed by atoms with Crippen LogP contribution in [0.5, 0.6) is 0 Å². The maximum Gasteiger partial charge on any atom is 0.193 e. The van der Waals surface area contributed by atoms with Crippen molar-refractivity contribution in [3.63, 3.8) is 0 Å². The van der Waals surface area contributed by atoms with E-state index in [0.29, 0.717) is 5.41 Å². The normalized spacial score (nSPS) is 24.2. The highest BCUT2D eigenvalue weighted by atomic mass is 127. The number of anilines is 1. The smallest absolute Gasteiger partial charge is 0.193 e. The minimum Gasteiger partial charge on any atom is -0.381 e. The number of likely N-dealkylation sites (tertiary alicyclic amines) is 1. The van der Waals surface area contributed by atoms with Crippen LogP contribution < -0.4 is 10.2 Å². The average molecular weight is 556 g/mol. The highest BCUT2D eigenvalue weighted by Gasteiger charge is 2.42. The Kier molecular flexibility index (Phi) is 9.92. The molecule has 1 unspecified atom stereocenters. The molecule has 3 aliphatic rings. The Morgan fingerprint density at radius 3 is 2.69 bits per heavy atom. The van der Waals surface area contributed by atoms with Gasteiger partial charge in [-0.15, -0.1) is 24.0 Å². The third kappa shape index (κ3) is 6.73. The van der Waals surface area contributed by atoms with Gasteiger partial charge in [-0.2, -0.15) is 0 Å². The quantitative estimate of drug-likeness (QED) is 0.241. The van der Waals surface area contributed by atoms with Crippen molar-refractivity contribution in [2.45, 2.75) is 39.5 Å². The van der Waals surface area contributed by atoms with Crippen molar-refractivity contribution in [2.75, 3.05) is 77.0 Å². The van der Waals surface area contributed by atoms with Gasteiger partial charge in [0.15, 0.2) is 5.96 Å². The van der Waals surface area contributed by atoms with E-state index in [4.69, 9.17) is 9.73 Å². The highest BCUT2D eigenvalue weighted by molar-refractivity contribution is 14.0. The molecule has 0 saturated carbocycles. The molecular weight excluding hydrogens is 513 g/mol. The van der Waals surface area contributed by atoms with Crippen LogP contribution in [0, 0.1) is 12.3 Å². The van der Waals surface area contributed by atoms with Crippen molar-refractivity contribution in [1.82, 2.24) is 15.1 Å². The maximum atomic E-state index is 5.68. The van der Waals surface area contributed by atoms with Gasteiger partial charge in [-0.3, -0.25) is 9.89 Å². The van der Waals surface area contributed by atoms with Crippen molar-refractivity contribution in [1.29, 1.82) is 0 Å². The molecule has 0 aliphatic carbocycles. The fourth-order valence-corrected chi connectivity index (χ4v) is 5.20. The van der Waals surface area contributed by atoms with E-state index in [-0.39, 0.29) is 24.0 Å². The minimum absolute atomic E-state index is 0. The van der Waals surface area contributed by atoms with E-state index in [2.05, 4.69) is 58.1 Å². The number of halogens is 1. The number of rotatable bonds is 7. The molecule has 3 heterocycles. The second kappa shape index (κ2) is 12.4. The van der Waals surface area contributed by atoms with Crippen LogP contribution in [-0.2, 0) is 4.74 Å². The Labute approximate surface area is 211 Å². The van der Waals surface area contributed by atoms with Crippen molar-refractivity contribution >= 4 is 35.6 Å². The number of piperazine rings is 1.